The average Bonchev–Trinajstić information content (AvgIpc) is 3.06. The Labute approximate surface area is 130 Å². The molecule has 4 aliphatic rings. The van der Waals surface area contributed by atoms with Crippen molar-refractivity contribution in [1.29, 1.82) is 0 Å². The van der Waals surface area contributed by atoms with Gasteiger partial charge < -0.3 is 0 Å². The summed E-state index contributed by atoms with van der Waals surface area (Å²) in [6, 6.07) is 4.35. The molecule has 0 spiro atoms. The molecule has 1 aromatic carbocycles. The van der Waals surface area contributed by atoms with Gasteiger partial charge in [-0.3, -0.25) is 0 Å². The van der Waals surface area contributed by atoms with Crippen molar-refractivity contribution in [2.45, 2.75) is 26.7 Å². The van der Waals surface area contributed by atoms with Crippen LogP contribution in [0.25, 0.3) is 5.57 Å². The Balaban J connectivity index is 1.76. The molecule has 3 aliphatic carbocycles. The lowest BCUT2D eigenvalue weighted by molar-refractivity contribution is 1.16. The molecule has 0 atom stereocenters. The third-order valence-electron chi connectivity index (χ3n) is 5.26. The van der Waals surface area contributed by atoms with Gasteiger partial charge in [0.05, 0.1) is 11.1 Å². The van der Waals surface area contributed by atoms with Crippen molar-refractivity contribution in [3.63, 3.8) is 0 Å². The summed E-state index contributed by atoms with van der Waals surface area (Å²) in [6.45, 7) is 4.42. The fraction of sp³-hybridized carbons (Fsp3) is 0.190. The molecule has 1 heterocycles. The first-order chi connectivity index (χ1) is 10.7. The van der Waals surface area contributed by atoms with Crippen LogP contribution in [-0.4, -0.2) is 0 Å². The lowest BCUT2D eigenvalue weighted by Gasteiger charge is -2.17. The molecule has 0 saturated heterocycles. The number of fused-ring (bicyclic) bond motifs is 4. The van der Waals surface area contributed by atoms with Crippen molar-refractivity contribution >= 4 is 5.57 Å². The Bertz CT molecular complexity index is 1020. The summed E-state index contributed by atoms with van der Waals surface area (Å²) in [5.41, 5.74) is 11.0. The summed E-state index contributed by atoms with van der Waals surface area (Å²) in [5.74, 6) is 0. The molecular weight excluding hydrogens is 266 g/mol. The molecule has 106 valence electrons. The van der Waals surface area contributed by atoms with E-state index in [1.807, 2.05) is 0 Å². The quantitative estimate of drug-likeness (QED) is 0.691. The van der Waals surface area contributed by atoms with Crippen LogP contribution in [0.2, 0.25) is 0 Å². The largest absolute Gasteiger partial charge is 0.248 e. The molecular formula is C21H17N. The number of rotatable bonds is 0. The number of benzene rings is 1. The minimum atomic E-state index is 1.02. The predicted molar refractivity (Wildman–Crippen MR) is 89.8 cm³/mol. The lowest BCUT2D eigenvalue weighted by atomic mass is 9.87. The van der Waals surface area contributed by atoms with E-state index in [1.54, 1.807) is 0 Å². The van der Waals surface area contributed by atoms with Gasteiger partial charge in [0.15, 0.2) is 0 Å². The first kappa shape index (κ1) is 12.2. The third kappa shape index (κ3) is 1.46. The molecule has 0 radical (unpaired) electrons. The first-order valence-corrected chi connectivity index (χ1v) is 7.95. The van der Waals surface area contributed by atoms with Crippen molar-refractivity contribution in [3.05, 3.63) is 92.2 Å². The van der Waals surface area contributed by atoms with E-state index in [2.05, 4.69) is 56.4 Å². The van der Waals surface area contributed by atoms with Gasteiger partial charge in [0.2, 0.25) is 0 Å². The molecule has 1 aromatic rings. The minimum Gasteiger partial charge on any atom is -0.248 e. The molecule has 0 N–H and O–H groups in total. The normalized spacial score (nSPS) is 20.6. The van der Waals surface area contributed by atoms with Crippen molar-refractivity contribution in [3.8, 4) is 0 Å². The third-order valence-corrected chi connectivity index (χ3v) is 5.26. The standard InChI is InChI=1S/C21H17N/c1-12-7-8-19-21(13(12)2)18-11-17-15(10-20(18)22-19)9-14-5-3-4-6-16(14)17/h3,5-10H,4,11H2,1-2H3. The molecule has 22 heavy (non-hydrogen) atoms. The topological polar surface area (TPSA) is 12.4 Å². The molecule has 0 aromatic heterocycles. The summed E-state index contributed by atoms with van der Waals surface area (Å²) < 4.78 is 0. The van der Waals surface area contributed by atoms with Crippen molar-refractivity contribution in [2.24, 2.45) is 4.99 Å². The maximum Gasteiger partial charge on any atom is 0.0715 e. The van der Waals surface area contributed by atoms with Crippen LogP contribution < -0.4 is 10.6 Å². The van der Waals surface area contributed by atoms with E-state index in [-0.39, 0.29) is 0 Å². The van der Waals surface area contributed by atoms with Crippen LogP contribution in [0.15, 0.2) is 75.5 Å². The number of nitrogens with zero attached hydrogens (tertiary/aromatic N) is 1. The van der Waals surface area contributed by atoms with Gasteiger partial charge in [-0.1, -0.05) is 24.3 Å². The summed E-state index contributed by atoms with van der Waals surface area (Å²) >= 11 is 0. The molecule has 5 rings (SSSR count). The van der Waals surface area contributed by atoms with E-state index in [9.17, 15) is 0 Å². The second-order valence-corrected chi connectivity index (χ2v) is 6.49. The van der Waals surface area contributed by atoms with Gasteiger partial charge in [0, 0.05) is 11.6 Å². The fourth-order valence-corrected chi connectivity index (χ4v) is 3.97. The summed E-state index contributed by atoms with van der Waals surface area (Å²) in [6.07, 6.45) is 13.5. The molecule has 1 nitrogen and oxygen atoms in total. The highest BCUT2D eigenvalue weighted by atomic mass is 14.8. The average molecular weight is 283 g/mol. The number of allylic oxidation sites excluding steroid dienone is 10. The maximum absolute atomic E-state index is 4.88. The predicted octanol–water partition coefficient (Wildman–Crippen LogP) is 3.50. The zero-order chi connectivity index (χ0) is 14.8. The maximum atomic E-state index is 4.88. The molecule has 1 heteroatoms. The van der Waals surface area contributed by atoms with Crippen LogP contribution in [0.5, 0.6) is 0 Å². The minimum absolute atomic E-state index is 1.02. The zero-order valence-corrected chi connectivity index (χ0v) is 12.9. The van der Waals surface area contributed by atoms with E-state index < -0.39 is 0 Å². The highest BCUT2D eigenvalue weighted by Gasteiger charge is 2.28. The Morgan fingerprint density at radius 1 is 1.05 bits per heavy atom. The van der Waals surface area contributed by atoms with Crippen molar-refractivity contribution < 1.29 is 0 Å². The Morgan fingerprint density at radius 2 is 1.95 bits per heavy atom. The molecule has 0 bridgehead atoms. The SMILES string of the molecule is Cc1ccc2c(c1C)=C1CC3=C(C=C4C=CCC=C43)C=C1N=2. The number of hydrogen-bond acceptors (Lipinski definition) is 1. The highest BCUT2D eigenvalue weighted by Crippen LogP contribution is 2.43. The van der Waals surface area contributed by atoms with Gasteiger partial charge in [0.1, 0.15) is 0 Å². The second kappa shape index (κ2) is 4.07. The van der Waals surface area contributed by atoms with Crippen LogP contribution >= 0.6 is 0 Å². The van der Waals surface area contributed by atoms with Crippen LogP contribution in [0, 0.1) is 13.8 Å². The number of hydrogen-bond donors (Lipinski definition) is 0. The molecule has 0 unspecified atom stereocenters. The van der Waals surface area contributed by atoms with Crippen molar-refractivity contribution in [1.82, 2.24) is 0 Å². The number of aryl methyl sites for hydroxylation is 1. The van der Waals surface area contributed by atoms with Crippen LogP contribution in [0.4, 0.5) is 0 Å². The summed E-state index contributed by atoms with van der Waals surface area (Å²) in [7, 11) is 0. The van der Waals surface area contributed by atoms with Crippen LogP contribution in [0.3, 0.4) is 0 Å². The van der Waals surface area contributed by atoms with Crippen LogP contribution in [0.1, 0.15) is 24.0 Å². The Morgan fingerprint density at radius 3 is 2.86 bits per heavy atom. The zero-order valence-electron chi connectivity index (χ0n) is 12.9. The first-order valence-electron chi connectivity index (χ1n) is 7.95. The van der Waals surface area contributed by atoms with Crippen LogP contribution in [-0.2, 0) is 0 Å². The monoisotopic (exact) mass is 283 g/mol. The smallest absolute Gasteiger partial charge is 0.0715 e. The second-order valence-electron chi connectivity index (χ2n) is 6.49. The van der Waals surface area contributed by atoms with E-state index in [0.29, 0.717) is 0 Å². The lowest BCUT2D eigenvalue weighted by Crippen LogP contribution is -2.27. The van der Waals surface area contributed by atoms with Gasteiger partial charge in [0.25, 0.3) is 0 Å². The molecule has 0 fully saturated rings. The van der Waals surface area contributed by atoms with Gasteiger partial charge >= 0.3 is 0 Å². The fourth-order valence-electron chi connectivity index (χ4n) is 3.97. The van der Waals surface area contributed by atoms with Gasteiger partial charge in [-0.25, -0.2) is 4.99 Å². The van der Waals surface area contributed by atoms with Crippen molar-refractivity contribution in [2.75, 3.05) is 0 Å². The van der Waals surface area contributed by atoms with Gasteiger partial charge in [-0.05, 0) is 77.5 Å². The Hall–Kier alpha value is -2.41. The molecule has 1 aliphatic heterocycles. The molecule has 0 saturated carbocycles. The van der Waals surface area contributed by atoms with Gasteiger partial charge in [-0.15, -0.1) is 0 Å². The highest BCUT2D eigenvalue weighted by molar-refractivity contribution is 5.80. The van der Waals surface area contributed by atoms with E-state index in [4.69, 9.17) is 4.99 Å². The summed E-state index contributed by atoms with van der Waals surface area (Å²) in [5, 5.41) is 2.52. The molecule has 0 amide bonds. The summed E-state index contributed by atoms with van der Waals surface area (Å²) in [4.78, 5) is 4.88. The van der Waals surface area contributed by atoms with E-state index >= 15 is 0 Å². The van der Waals surface area contributed by atoms with E-state index in [1.165, 1.54) is 49.9 Å². The Kier molecular flexibility index (Phi) is 2.25. The van der Waals surface area contributed by atoms with E-state index in [0.717, 1.165) is 18.2 Å². The van der Waals surface area contributed by atoms with Gasteiger partial charge in [-0.2, -0.15) is 0 Å².